The first-order valence-corrected chi connectivity index (χ1v) is 11.8. The Kier molecular flexibility index (Phi) is 6.55. The molecule has 37 heavy (non-hydrogen) atoms. The summed E-state index contributed by atoms with van der Waals surface area (Å²) in [7, 11) is 0. The van der Waals surface area contributed by atoms with Crippen LogP contribution < -0.4 is 10.6 Å². The summed E-state index contributed by atoms with van der Waals surface area (Å²) in [5, 5.41) is 9.48. The third kappa shape index (κ3) is 5.88. The Balaban J connectivity index is 1.22. The van der Waals surface area contributed by atoms with Crippen LogP contribution in [0.25, 0.3) is 11.1 Å². The second-order valence-electron chi connectivity index (χ2n) is 8.84. The first-order valence-electron chi connectivity index (χ1n) is 11.4. The van der Waals surface area contributed by atoms with E-state index in [1.807, 2.05) is 10.9 Å². The molecule has 0 atom stereocenters. The van der Waals surface area contributed by atoms with E-state index in [1.165, 1.54) is 12.1 Å². The van der Waals surface area contributed by atoms with Crippen LogP contribution in [0.2, 0.25) is 5.15 Å². The summed E-state index contributed by atoms with van der Waals surface area (Å²) >= 11 is 5.72. The summed E-state index contributed by atoms with van der Waals surface area (Å²) in [5.74, 6) is -4.04. The van der Waals surface area contributed by atoms with Crippen molar-refractivity contribution >= 4 is 34.8 Å². The van der Waals surface area contributed by atoms with E-state index >= 15 is 0 Å². The number of nitrogens with zero attached hydrogens (tertiary/aromatic N) is 5. The summed E-state index contributed by atoms with van der Waals surface area (Å²) in [4.78, 5) is 24.7. The van der Waals surface area contributed by atoms with Gasteiger partial charge in [0.05, 0.1) is 41.8 Å². The Bertz CT molecular complexity index is 1450. The number of benzene rings is 1. The molecule has 3 aromatic heterocycles. The largest absolute Gasteiger partial charge is 0.324 e. The molecule has 0 aliphatic heterocycles. The number of aromatic nitrogens is 5. The van der Waals surface area contributed by atoms with Crippen molar-refractivity contribution in [2.75, 3.05) is 10.6 Å². The predicted octanol–water partition coefficient (Wildman–Crippen LogP) is 5.90. The Morgan fingerprint density at radius 2 is 1.84 bits per heavy atom. The molecule has 1 aliphatic rings. The van der Waals surface area contributed by atoms with Gasteiger partial charge >= 0.3 is 0 Å². The average Bonchev–Trinajstić information content (AvgIpc) is 3.60. The first kappa shape index (κ1) is 24.7. The Morgan fingerprint density at radius 1 is 1.08 bits per heavy atom. The van der Waals surface area contributed by atoms with Crippen LogP contribution in [-0.4, -0.2) is 30.6 Å². The van der Waals surface area contributed by atoms with E-state index in [0.717, 1.165) is 30.8 Å². The smallest absolute Gasteiger partial charge is 0.273 e. The number of rotatable bonds is 8. The molecule has 1 amide bonds. The topological polar surface area (TPSA) is 97.6 Å². The lowest BCUT2D eigenvalue weighted by atomic mass is 10.0. The number of amides is 1. The van der Waals surface area contributed by atoms with E-state index in [1.54, 1.807) is 24.7 Å². The van der Waals surface area contributed by atoms with Crippen LogP contribution in [0.3, 0.4) is 0 Å². The van der Waals surface area contributed by atoms with Gasteiger partial charge in [-0.1, -0.05) is 23.7 Å². The third-order valence-corrected chi connectivity index (χ3v) is 6.06. The molecule has 0 unspecified atom stereocenters. The van der Waals surface area contributed by atoms with Crippen molar-refractivity contribution < 1.29 is 18.0 Å². The molecule has 0 saturated heterocycles. The van der Waals surface area contributed by atoms with Crippen molar-refractivity contribution in [3.05, 3.63) is 77.3 Å². The molecule has 0 radical (unpaired) electrons. The SMILES string of the molecule is CC(F)(F)c1cc(NC(=O)Cc2ccc(-c3cnc(Nc4cnn(C5CC5)c4)nc3)cc2F)cnc1Cl. The van der Waals surface area contributed by atoms with Crippen LogP contribution in [0.5, 0.6) is 0 Å². The van der Waals surface area contributed by atoms with E-state index in [9.17, 15) is 18.0 Å². The molecule has 1 aromatic carbocycles. The van der Waals surface area contributed by atoms with Gasteiger partial charge < -0.3 is 10.6 Å². The number of halogens is 4. The molecule has 2 N–H and O–H groups in total. The Hall–Kier alpha value is -3.99. The van der Waals surface area contributed by atoms with Crippen molar-refractivity contribution in [1.29, 1.82) is 0 Å². The molecule has 0 spiro atoms. The quantitative estimate of drug-likeness (QED) is 0.277. The number of alkyl halides is 2. The van der Waals surface area contributed by atoms with Gasteiger partial charge in [0.25, 0.3) is 5.92 Å². The first-order chi connectivity index (χ1) is 17.7. The number of hydrogen-bond acceptors (Lipinski definition) is 6. The zero-order valence-corrected chi connectivity index (χ0v) is 20.3. The van der Waals surface area contributed by atoms with Gasteiger partial charge in [0.1, 0.15) is 11.0 Å². The fraction of sp³-hybridized carbons (Fsp3) is 0.240. The highest BCUT2D eigenvalue weighted by Gasteiger charge is 2.28. The molecule has 4 aromatic rings. The maximum atomic E-state index is 14.8. The van der Waals surface area contributed by atoms with Crippen molar-refractivity contribution in [2.24, 2.45) is 0 Å². The zero-order chi connectivity index (χ0) is 26.2. The number of pyridine rings is 1. The fourth-order valence-corrected chi connectivity index (χ4v) is 3.95. The van der Waals surface area contributed by atoms with Crippen molar-refractivity contribution in [3.63, 3.8) is 0 Å². The van der Waals surface area contributed by atoms with Crippen molar-refractivity contribution in [3.8, 4) is 11.1 Å². The van der Waals surface area contributed by atoms with Crippen LogP contribution in [0.1, 0.15) is 36.9 Å². The number of hydrogen-bond donors (Lipinski definition) is 2. The lowest BCUT2D eigenvalue weighted by Gasteiger charge is -2.14. The van der Waals surface area contributed by atoms with Gasteiger partial charge in [0.15, 0.2) is 0 Å². The minimum absolute atomic E-state index is 0.0358. The molecule has 0 bridgehead atoms. The average molecular weight is 528 g/mol. The van der Waals surface area contributed by atoms with Crippen LogP contribution in [0.15, 0.2) is 55.2 Å². The van der Waals surface area contributed by atoms with E-state index in [4.69, 9.17) is 11.6 Å². The fourth-order valence-electron chi connectivity index (χ4n) is 3.68. The summed E-state index contributed by atoms with van der Waals surface area (Å²) in [5.41, 5.74) is 1.56. The highest BCUT2D eigenvalue weighted by Crippen LogP contribution is 2.35. The van der Waals surface area contributed by atoms with Crippen LogP contribution in [-0.2, 0) is 17.1 Å². The molecule has 3 heterocycles. The normalized spacial score (nSPS) is 13.4. The van der Waals surface area contributed by atoms with E-state index in [-0.39, 0.29) is 22.8 Å². The number of carbonyl (C=O) groups excluding carboxylic acids is 1. The molecule has 8 nitrogen and oxygen atoms in total. The van der Waals surface area contributed by atoms with Crippen molar-refractivity contribution in [2.45, 2.75) is 38.2 Å². The molecular formula is C25H21ClF3N7O. The van der Waals surface area contributed by atoms with Gasteiger partial charge in [-0.2, -0.15) is 5.10 Å². The van der Waals surface area contributed by atoms with E-state index < -0.39 is 23.2 Å². The van der Waals surface area contributed by atoms with Gasteiger partial charge in [0, 0.05) is 31.1 Å². The monoisotopic (exact) mass is 527 g/mol. The zero-order valence-electron chi connectivity index (χ0n) is 19.6. The summed E-state index contributed by atoms with van der Waals surface area (Å²) in [6, 6.07) is 5.93. The summed E-state index contributed by atoms with van der Waals surface area (Å²) in [6.45, 7) is 0.678. The molecule has 1 saturated carbocycles. The van der Waals surface area contributed by atoms with Crippen molar-refractivity contribution in [1.82, 2.24) is 24.7 Å². The maximum Gasteiger partial charge on any atom is 0.273 e. The standard InChI is InChI=1S/C25H21ClF3N7O/c1-25(28,29)20-8-17(11-30-23(20)26)34-22(37)7-15-3-2-14(6-21(15)27)16-9-31-24(32-10-16)35-18-12-33-36(13-18)19-4-5-19/h2-3,6,8-13,19H,4-5,7H2,1H3,(H,34,37)(H,31,32,35). The van der Waals surface area contributed by atoms with E-state index in [2.05, 4.69) is 30.7 Å². The van der Waals surface area contributed by atoms with Crippen LogP contribution >= 0.6 is 11.6 Å². The summed E-state index contributed by atoms with van der Waals surface area (Å²) in [6.07, 6.45) is 9.86. The molecule has 190 valence electrons. The van der Waals surface area contributed by atoms with Crippen LogP contribution in [0, 0.1) is 5.82 Å². The minimum atomic E-state index is -3.23. The number of anilines is 3. The third-order valence-electron chi connectivity index (χ3n) is 5.76. The maximum absolute atomic E-state index is 14.8. The highest BCUT2D eigenvalue weighted by molar-refractivity contribution is 6.30. The molecule has 1 fully saturated rings. The van der Waals surface area contributed by atoms with Gasteiger partial charge in [-0.3, -0.25) is 9.48 Å². The van der Waals surface area contributed by atoms with E-state index in [0.29, 0.717) is 30.0 Å². The highest BCUT2D eigenvalue weighted by atomic mass is 35.5. The van der Waals surface area contributed by atoms with Gasteiger partial charge in [-0.05, 0) is 36.1 Å². The summed E-state index contributed by atoms with van der Waals surface area (Å²) < 4.78 is 44.0. The van der Waals surface area contributed by atoms with Gasteiger partial charge in [0.2, 0.25) is 11.9 Å². The lowest BCUT2D eigenvalue weighted by Crippen LogP contribution is -2.17. The molecular weight excluding hydrogens is 507 g/mol. The lowest BCUT2D eigenvalue weighted by molar-refractivity contribution is -0.115. The second-order valence-corrected chi connectivity index (χ2v) is 9.20. The molecule has 1 aliphatic carbocycles. The van der Waals surface area contributed by atoms with Crippen LogP contribution in [0.4, 0.5) is 30.5 Å². The number of nitrogens with one attached hydrogen (secondary N) is 2. The Morgan fingerprint density at radius 3 is 2.51 bits per heavy atom. The number of carbonyl (C=O) groups is 1. The van der Waals surface area contributed by atoms with Gasteiger partial charge in [-0.25, -0.2) is 28.1 Å². The minimum Gasteiger partial charge on any atom is -0.324 e. The van der Waals surface area contributed by atoms with Gasteiger partial charge in [-0.15, -0.1) is 0 Å². The molecule has 5 rings (SSSR count). The second kappa shape index (κ2) is 9.81. The Labute approximate surface area is 214 Å². The predicted molar refractivity (Wildman–Crippen MR) is 132 cm³/mol. The molecule has 12 heteroatoms.